The van der Waals surface area contributed by atoms with Gasteiger partial charge in [0, 0.05) is 16.8 Å². The van der Waals surface area contributed by atoms with Gasteiger partial charge in [0.1, 0.15) is 5.82 Å². The smallest absolute Gasteiger partial charge is 0.262 e. The maximum atomic E-state index is 13.9. The number of rotatable bonds is 2. The predicted octanol–water partition coefficient (Wildman–Crippen LogP) is 4.74. The van der Waals surface area contributed by atoms with Crippen LogP contribution in [0.4, 0.5) is 10.1 Å². The van der Waals surface area contributed by atoms with Gasteiger partial charge >= 0.3 is 0 Å². The second-order valence-electron chi connectivity index (χ2n) is 5.20. The van der Waals surface area contributed by atoms with Gasteiger partial charge in [0.2, 0.25) is 0 Å². The Morgan fingerprint density at radius 3 is 2.83 bits per heavy atom. The molecule has 6 heteroatoms. The average molecular weight is 349 g/mol. The molecule has 1 aliphatic rings. The molecule has 118 valence electrons. The fourth-order valence-corrected chi connectivity index (χ4v) is 3.52. The summed E-state index contributed by atoms with van der Waals surface area (Å²) >= 11 is 7.46. The second kappa shape index (κ2) is 6.72. The lowest BCUT2D eigenvalue weighted by Gasteiger charge is -2.16. The number of halogens is 2. The summed E-state index contributed by atoms with van der Waals surface area (Å²) in [6.07, 6.45) is 0. The Bertz CT molecular complexity index is 781. The monoisotopic (exact) mass is 348 g/mol. The quantitative estimate of drug-likeness (QED) is 0.785. The summed E-state index contributed by atoms with van der Waals surface area (Å²) in [5.74, 6) is -0.898. The lowest BCUT2D eigenvalue weighted by molar-refractivity contribution is 0.0851. The van der Waals surface area contributed by atoms with Gasteiger partial charge in [-0.3, -0.25) is 9.69 Å². The van der Waals surface area contributed by atoms with E-state index >= 15 is 0 Å². The first kappa shape index (κ1) is 16.0. The standard InChI is InChI=1S/C17H14ClFN2OS/c1-11-10-21(16(22)14-7-2-3-8-15(14)19)17(23-11)20-13-6-4-5-12(18)9-13/h2-9,11H,10H2,1H3/t11-/m1/s1. The molecule has 2 aromatic rings. The predicted molar refractivity (Wildman–Crippen MR) is 93.0 cm³/mol. The first-order valence-corrected chi connectivity index (χ1v) is 8.37. The van der Waals surface area contributed by atoms with Crippen molar-refractivity contribution in [2.45, 2.75) is 12.2 Å². The molecule has 1 saturated heterocycles. The van der Waals surface area contributed by atoms with Crippen LogP contribution in [0, 0.1) is 5.82 Å². The number of nitrogens with zero attached hydrogens (tertiary/aromatic N) is 2. The molecular formula is C17H14ClFN2OS. The molecule has 1 amide bonds. The number of hydrogen-bond acceptors (Lipinski definition) is 3. The van der Waals surface area contributed by atoms with Crippen LogP contribution in [0.3, 0.4) is 0 Å². The highest BCUT2D eigenvalue weighted by molar-refractivity contribution is 8.14. The number of amidine groups is 1. The zero-order valence-electron chi connectivity index (χ0n) is 12.4. The summed E-state index contributed by atoms with van der Waals surface area (Å²) in [5.41, 5.74) is 0.724. The van der Waals surface area contributed by atoms with Crippen molar-refractivity contribution in [2.24, 2.45) is 4.99 Å². The van der Waals surface area contributed by atoms with E-state index in [0.29, 0.717) is 22.4 Å². The molecule has 1 heterocycles. The van der Waals surface area contributed by atoms with E-state index in [2.05, 4.69) is 4.99 Å². The van der Waals surface area contributed by atoms with E-state index in [4.69, 9.17) is 11.6 Å². The van der Waals surface area contributed by atoms with Gasteiger partial charge in [0.05, 0.1) is 11.3 Å². The van der Waals surface area contributed by atoms with E-state index in [0.717, 1.165) is 0 Å². The highest BCUT2D eigenvalue weighted by Crippen LogP contribution is 2.30. The molecule has 3 rings (SSSR count). The Morgan fingerprint density at radius 1 is 1.30 bits per heavy atom. The van der Waals surface area contributed by atoms with Crippen LogP contribution in [-0.4, -0.2) is 27.8 Å². The Labute approximate surface area is 143 Å². The number of aliphatic imine (C=N–C) groups is 1. The van der Waals surface area contributed by atoms with Crippen molar-refractivity contribution in [3.8, 4) is 0 Å². The molecule has 3 nitrogen and oxygen atoms in total. The Hall–Kier alpha value is -1.85. The molecule has 1 atom stereocenters. The molecule has 0 N–H and O–H groups in total. The summed E-state index contributed by atoms with van der Waals surface area (Å²) in [7, 11) is 0. The molecule has 23 heavy (non-hydrogen) atoms. The molecule has 2 aromatic carbocycles. The van der Waals surface area contributed by atoms with E-state index in [1.807, 2.05) is 13.0 Å². The van der Waals surface area contributed by atoms with Gasteiger partial charge in [0.25, 0.3) is 5.91 Å². The summed E-state index contributed by atoms with van der Waals surface area (Å²) in [4.78, 5) is 18.7. The van der Waals surface area contributed by atoms with E-state index in [1.54, 1.807) is 30.3 Å². The maximum absolute atomic E-state index is 13.9. The zero-order valence-corrected chi connectivity index (χ0v) is 13.9. The minimum absolute atomic E-state index is 0.0565. The van der Waals surface area contributed by atoms with Crippen molar-refractivity contribution in [2.75, 3.05) is 6.54 Å². The highest BCUT2D eigenvalue weighted by atomic mass is 35.5. The van der Waals surface area contributed by atoms with E-state index in [1.165, 1.54) is 28.8 Å². The van der Waals surface area contributed by atoms with Crippen LogP contribution in [0.15, 0.2) is 53.5 Å². The van der Waals surface area contributed by atoms with Crippen molar-refractivity contribution in [3.63, 3.8) is 0 Å². The third-order valence-corrected chi connectivity index (χ3v) is 4.67. The van der Waals surface area contributed by atoms with Gasteiger partial charge in [-0.2, -0.15) is 0 Å². The Kier molecular flexibility index (Phi) is 4.68. The first-order valence-electron chi connectivity index (χ1n) is 7.12. The molecule has 0 bridgehead atoms. The van der Waals surface area contributed by atoms with Gasteiger partial charge in [0.15, 0.2) is 5.17 Å². The van der Waals surface area contributed by atoms with Crippen LogP contribution in [0.2, 0.25) is 5.02 Å². The number of hydrogen-bond donors (Lipinski definition) is 0. The van der Waals surface area contributed by atoms with Crippen molar-refractivity contribution in [1.29, 1.82) is 0 Å². The zero-order chi connectivity index (χ0) is 16.4. The number of thioether (sulfide) groups is 1. The lowest BCUT2D eigenvalue weighted by atomic mass is 10.2. The third-order valence-electron chi connectivity index (χ3n) is 3.36. The lowest BCUT2D eigenvalue weighted by Crippen LogP contribution is -2.33. The van der Waals surface area contributed by atoms with Crippen molar-refractivity contribution >= 4 is 40.1 Å². The van der Waals surface area contributed by atoms with Crippen LogP contribution in [0.25, 0.3) is 0 Å². The number of carbonyl (C=O) groups excluding carboxylic acids is 1. The normalized spacial score (nSPS) is 19.3. The molecular weight excluding hydrogens is 335 g/mol. The van der Waals surface area contributed by atoms with E-state index in [9.17, 15) is 9.18 Å². The summed E-state index contributed by atoms with van der Waals surface area (Å²) in [6.45, 7) is 2.50. The minimum Gasteiger partial charge on any atom is -0.286 e. The third kappa shape index (κ3) is 3.57. The molecule has 0 spiro atoms. The Balaban J connectivity index is 1.94. The van der Waals surface area contributed by atoms with Gasteiger partial charge in [-0.15, -0.1) is 0 Å². The van der Waals surface area contributed by atoms with Gasteiger partial charge in [-0.1, -0.05) is 48.5 Å². The summed E-state index contributed by atoms with van der Waals surface area (Å²) in [6, 6.07) is 13.1. The first-order chi connectivity index (χ1) is 11.0. The molecule has 0 radical (unpaired) electrons. The van der Waals surface area contributed by atoms with Gasteiger partial charge in [-0.05, 0) is 30.3 Å². The van der Waals surface area contributed by atoms with Crippen molar-refractivity contribution in [1.82, 2.24) is 4.90 Å². The molecule has 0 saturated carbocycles. The molecule has 0 unspecified atom stereocenters. The van der Waals surface area contributed by atoms with Crippen molar-refractivity contribution < 1.29 is 9.18 Å². The topological polar surface area (TPSA) is 32.7 Å². The molecule has 1 aliphatic heterocycles. The fourth-order valence-electron chi connectivity index (χ4n) is 2.31. The van der Waals surface area contributed by atoms with Gasteiger partial charge in [-0.25, -0.2) is 9.38 Å². The molecule has 0 aromatic heterocycles. The average Bonchev–Trinajstić information content (AvgIpc) is 2.87. The second-order valence-corrected chi connectivity index (χ2v) is 7.04. The molecule has 0 aliphatic carbocycles. The van der Waals surface area contributed by atoms with Crippen LogP contribution in [-0.2, 0) is 0 Å². The largest absolute Gasteiger partial charge is 0.286 e. The number of benzene rings is 2. The van der Waals surface area contributed by atoms with Crippen LogP contribution in [0.5, 0.6) is 0 Å². The van der Waals surface area contributed by atoms with E-state index < -0.39 is 5.82 Å². The van der Waals surface area contributed by atoms with Crippen molar-refractivity contribution in [3.05, 3.63) is 64.9 Å². The number of amides is 1. The van der Waals surface area contributed by atoms with Crippen LogP contribution in [0.1, 0.15) is 17.3 Å². The van der Waals surface area contributed by atoms with Gasteiger partial charge < -0.3 is 0 Å². The minimum atomic E-state index is -0.524. The maximum Gasteiger partial charge on any atom is 0.262 e. The fraction of sp³-hybridized carbons (Fsp3) is 0.176. The SMILES string of the molecule is C[C@@H]1CN(C(=O)c2ccccc2F)C(=Nc2cccc(Cl)c2)S1. The van der Waals surface area contributed by atoms with E-state index in [-0.39, 0.29) is 16.7 Å². The summed E-state index contributed by atoms with van der Waals surface area (Å²) < 4.78 is 13.9. The van der Waals surface area contributed by atoms with Crippen LogP contribution >= 0.6 is 23.4 Å². The highest BCUT2D eigenvalue weighted by Gasteiger charge is 2.32. The van der Waals surface area contributed by atoms with Crippen LogP contribution < -0.4 is 0 Å². The Morgan fingerprint density at radius 2 is 2.09 bits per heavy atom. The summed E-state index contributed by atoms with van der Waals surface area (Å²) in [5, 5.41) is 1.34. The number of carbonyl (C=O) groups is 1. The molecule has 1 fully saturated rings.